The fraction of sp³-hybridized carbons (Fsp3) is 0.714. The van der Waals surface area contributed by atoms with Crippen molar-refractivity contribution >= 4 is 0 Å². The van der Waals surface area contributed by atoms with Crippen LogP contribution in [0.2, 0.25) is 0 Å². The first-order valence-electron chi connectivity index (χ1n) is 3.13. The first-order chi connectivity index (χ1) is 3.91. The molecule has 0 heterocycles. The van der Waals surface area contributed by atoms with E-state index in [-0.39, 0.29) is 18.9 Å². The van der Waals surface area contributed by atoms with Gasteiger partial charge in [0, 0.05) is 0 Å². The molecule has 9 heavy (non-hydrogen) atoms. The molecule has 0 atom stereocenters. The molecule has 0 aliphatic heterocycles. The Bertz CT molecular complexity index is 75.5. The van der Waals surface area contributed by atoms with Crippen LogP contribution in [0, 0.1) is 17.8 Å². The van der Waals surface area contributed by atoms with Crippen LogP contribution in [0.25, 0.3) is 0 Å². The van der Waals surface area contributed by atoms with Gasteiger partial charge in [-0.25, -0.2) is 5.26 Å². The molecule has 0 N–H and O–H groups in total. The van der Waals surface area contributed by atoms with Gasteiger partial charge in [0.1, 0.15) is 0 Å². The molecule has 0 spiro atoms. The Morgan fingerprint density at radius 3 is 2.56 bits per heavy atom. The van der Waals surface area contributed by atoms with E-state index < -0.39 is 0 Å². The van der Waals surface area contributed by atoms with Crippen molar-refractivity contribution in [3.05, 3.63) is 6.42 Å². The maximum Gasteiger partial charge on any atom is 1.00 e. The summed E-state index contributed by atoms with van der Waals surface area (Å²) in [5, 5.41) is 8.06. The average Bonchev–Trinajstić information content (AvgIpc) is 1.81. The van der Waals surface area contributed by atoms with Crippen LogP contribution in [0.15, 0.2) is 0 Å². The molecular formula is C7H12LiN. The third-order valence-electron chi connectivity index (χ3n) is 1.04. The van der Waals surface area contributed by atoms with Crippen LogP contribution in [-0.4, -0.2) is 0 Å². The van der Waals surface area contributed by atoms with Gasteiger partial charge in [0.05, 0.1) is 0 Å². The number of unbranched alkanes of at least 4 members (excludes halogenated alkanes) is 4. The summed E-state index contributed by atoms with van der Waals surface area (Å²) in [4.78, 5) is 0. The van der Waals surface area contributed by atoms with Crippen molar-refractivity contribution in [2.75, 3.05) is 0 Å². The Hall–Kier alpha value is -0.0426. The van der Waals surface area contributed by atoms with Crippen molar-refractivity contribution in [3.63, 3.8) is 0 Å². The summed E-state index contributed by atoms with van der Waals surface area (Å²) < 4.78 is 0. The van der Waals surface area contributed by atoms with Crippen LogP contribution >= 0.6 is 0 Å². The van der Waals surface area contributed by atoms with Gasteiger partial charge >= 0.3 is 18.9 Å². The van der Waals surface area contributed by atoms with Gasteiger partial charge in [0.25, 0.3) is 0 Å². The van der Waals surface area contributed by atoms with Crippen LogP contribution in [0.3, 0.4) is 0 Å². The van der Waals surface area contributed by atoms with Gasteiger partial charge in [-0.15, -0.1) is 6.07 Å². The molecule has 46 valence electrons. The molecule has 1 nitrogen and oxygen atoms in total. The summed E-state index contributed by atoms with van der Waals surface area (Å²) >= 11 is 0. The molecule has 0 rings (SSSR count). The SMILES string of the molecule is CCCCC[CH-]C#N.[Li+]. The molecule has 0 saturated heterocycles. The van der Waals surface area contributed by atoms with Gasteiger partial charge in [-0.3, -0.25) is 6.42 Å². The quantitative estimate of drug-likeness (QED) is 0.271. The van der Waals surface area contributed by atoms with E-state index in [4.69, 9.17) is 5.26 Å². The molecular weight excluding hydrogens is 105 g/mol. The van der Waals surface area contributed by atoms with Crippen molar-refractivity contribution in [2.45, 2.75) is 32.6 Å². The molecule has 0 aromatic carbocycles. The number of hydrogen-bond donors (Lipinski definition) is 0. The third kappa shape index (κ3) is 11.5. The van der Waals surface area contributed by atoms with Crippen LogP contribution in [0.4, 0.5) is 0 Å². The predicted molar refractivity (Wildman–Crippen MR) is 34.1 cm³/mol. The Morgan fingerprint density at radius 2 is 2.11 bits per heavy atom. The molecule has 0 aromatic rings. The minimum Gasteiger partial charge on any atom is -0.291 e. The Labute approximate surface area is 69.6 Å². The summed E-state index contributed by atoms with van der Waals surface area (Å²) in [7, 11) is 0. The van der Waals surface area contributed by atoms with Crippen LogP contribution in [-0.2, 0) is 0 Å². The Morgan fingerprint density at radius 1 is 1.44 bits per heavy atom. The molecule has 0 radical (unpaired) electrons. The summed E-state index contributed by atoms with van der Waals surface area (Å²) in [6.45, 7) is 2.16. The zero-order chi connectivity index (χ0) is 6.24. The van der Waals surface area contributed by atoms with E-state index >= 15 is 0 Å². The average molecular weight is 117 g/mol. The smallest absolute Gasteiger partial charge is 0.291 e. The van der Waals surface area contributed by atoms with Crippen LogP contribution in [0.5, 0.6) is 0 Å². The van der Waals surface area contributed by atoms with E-state index in [1.165, 1.54) is 19.3 Å². The third-order valence-corrected chi connectivity index (χ3v) is 1.04. The number of hydrogen-bond acceptors (Lipinski definition) is 1. The number of nitriles is 1. The first kappa shape index (κ1) is 11.7. The van der Waals surface area contributed by atoms with Crippen LogP contribution in [0.1, 0.15) is 32.6 Å². The van der Waals surface area contributed by atoms with Gasteiger partial charge in [-0.05, 0) is 0 Å². The maximum atomic E-state index is 8.06. The van der Waals surface area contributed by atoms with E-state index in [1.807, 2.05) is 6.07 Å². The summed E-state index contributed by atoms with van der Waals surface area (Å²) in [6.07, 6.45) is 6.28. The van der Waals surface area contributed by atoms with E-state index in [2.05, 4.69) is 6.92 Å². The van der Waals surface area contributed by atoms with E-state index in [1.54, 1.807) is 6.42 Å². The second kappa shape index (κ2) is 10.9. The zero-order valence-electron chi connectivity index (χ0n) is 6.35. The van der Waals surface area contributed by atoms with Crippen molar-refractivity contribution in [3.8, 4) is 6.07 Å². The monoisotopic (exact) mass is 117 g/mol. The second-order valence-electron chi connectivity index (χ2n) is 1.83. The summed E-state index contributed by atoms with van der Waals surface area (Å²) in [6, 6.07) is 2.00. The fourth-order valence-electron chi connectivity index (χ4n) is 0.561. The molecule has 0 amide bonds. The molecule has 0 aliphatic rings. The summed E-state index contributed by atoms with van der Waals surface area (Å²) in [5.41, 5.74) is 0. The minimum atomic E-state index is 0. The topological polar surface area (TPSA) is 23.8 Å². The largest absolute Gasteiger partial charge is 1.00 e. The molecule has 0 saturated carbocycles. The fourth-order valence-corrected chi connectivity index (χ4v) is 0.561. The van der Waals surface area contributed by atoms with Gasteiger partial charge in [0.15, 0.2) is 0 Å². The molecule has 0 aromatic heterocycles. The first-order valence-corrected chi connectivity index (χ1v) is 3.13. The van der Waals surface area contributed by atoms with Gasteiger partial charge in [-0.1, -0.05) is 26.2 Å². The van der Waals surface area contributed by atoms with Crippen LogP contribution < -0.4 is 18.9 Å². The molecule has 2 heteroatoms. The molecule has 0 fully saturated rings. The van der Waals surface area contributed by atoms with Gasteiger partial charge in [-0.2, -0.15) is 6.42 Å². The van der Waals surface area contributed by atoms with E-state index in [0.717, 1.165) is 6.42 Å². The second-order valence-corrected chi connectivity index (χ2v) is 1.83. The van der Waals surface area contributed by atoms with Gasteiger partial charge in [0.2, 0.25) is 0 Å². The number of nitrogens with zero attached hydrogens (tertiary/aromatic N) is 1. The Kier molecular flexibility index (Phi) is 14.1. The molecule has 0 bridgehead atoms. The van der Waals surface area contributed by atoms with E-state index in [0.29, 0.717) is 0 Å². The maximum absolute atomic E-state index is 8.06. The molecule has 0 unspecified atom stereocenters. The van der Waals surface area contributed by atoms with Crippen molar-refractivity contribution in [1.82, 2.24) is 0 Å². The van der Waals surface area contributed by atoms with Crippen molar-refractivity contribution in [2.24, 2.45) is 0 Å². The Balaban J connectivity index is 0. The number of rotatable bonds is 4. The van der Waals surface area contributed by atoms with Crippen molar-refractivity contribution in [1.29, 1.82) is 5.26 Å². The standard InChI is InChI=1S/C7H12N.Li/c1-2-3-4-5-6-7-8;/h6H,2-5H2,1H3;/q-1;+1. The minimum absolute atomic E-state index is 0. The molecule has 0 aliphatic carbocycles. The predicted octanol–water partition coefficient (Wildman–Crippen LogP) is -0.701. The normalized spacial score (nSPS) is 7.11. The summed E-state index contributed by atoms with van der Waals surface area (Å²) in [5.74, 6) is 0. The van der Waals surface area contributed by atoms with E-state index in [9.17, 15) is 0 Å². The van der Waals surface area contributed by atoms with Gasteiger partial charge < -0.3 is 0 Å². The van der Waals surface area contributed by atoms with Crippen molar-refractivity contribution < 1.29 is 18.9 Å². The zero-order valence-corrected chi connectivity index (χ0v) is 6.35.